The number of carbonyl (C=O) groups excluding carboxylic acids is 1. The van der Waals surface area contributed by atoms with Gasteiger partial charge in [0.1, 0.15) is 6.61 Å². The molecule has 26 heavy (non-hydrogen) atoms. The second-order valence-electron chi connectivity index (χ2n) is 7.39. The highest BCUT2D eigenvalue weighted by molar-refractivity contribution is 5.75. The van der Waals surface area contributed by atoms with E-state index < -0.39 is 11.6 Å². The maximum atomic E-state index is 13.6. The SMILES string of the molecule is COCCOC(=O)C(C)C1[C@H]2CC(n3cnc4cc(F)c(F)cc43)C[C@@H]12. The third-order valence-electron chi connectivity index (χ3n) is 5.98. The van der Waals surface area contributed by atoms with Crippen LogP contribution in [0.1, 0.15) is 25.8 Å². The minimum absolute atomic E-state index is 0.117. The van der Waals surface area contributed by atoms with Crippen molar-refractivity contribution in [3.63, 3.8) is 0 Å². The normalized spacial score (nSPS) is 28.2. The number of esters is 1. The molecule has 2 saturated carbocycles. The molecule has 0 radical (unpaired) electrons. The van der Waals surface area contributed by atoms with Crippen molar-refractivity contribution in [2.75, 3.05) is 20.3 Å². The molecule has 3 unspecified atom stereocenters. The van der Waals surface area contributed by atoms with Gasteiger partial charge in [-0.2, -0.15) is 0 Å². The minimum atomic E-state index is -0.877. The molecule has 0 bridgehead atoms. The Balaban J connectivity index is 1.40. The molecule has 140 valence electrons. The number of ether oxygens (including phenoxy) is 2. The van der Waals surface area contributed by atoms with Crippen LogP contribution in [-0.2, 0) is 14.3 Å². The first-order chi connectivity index (χ1) is 12.5. The number of fused-ring (bicyclic) bond motifs is 2. The number of halogens is 2. The van der Waals surface area contributed by atoms with Gasteiger partial charge in [0.2, 0.25) is 0 Å². The number of nitrogens with zero attached hydrogens (tertiary/aromatic N) is 2. The lowest BCUT2D eigenvalue weighted by Gasteiger charge is -2.19. The highest BCUT2D eigenvalue weighted by atomic mass is 19.2. The summed E-state index contributed by atoms with van der Waals surface area (Å²) < 4.78 is 39.0. The van der Waals surface area contributed by atoms with Crippen LogP contribution in [0.4, 0.5) is 8.78 Å². The van der Waals surface area contributed by atoms with Gasteiger partial charge in [-0.3, -0.25) is 4.79 Å². The van der Waals surface area contributed by atoms with Crippen molar-refractivity contribution in [3.8, 4) is 0 Å². The number of benzene rings is 1. The highest BCUT2D eigenvalue weighted by Crippen LogP contribution is 2.64. The Bertz CT molecular complexity index is 826. The van der Waals surface area contributed by atoms with Crippen LogP contribution in [0.15, 0.2) is 18.5 Å². The summed E-state index contributed by atoms with van der Waals surface area (Å²) in [6.45, 7) is 2.62. The number of rotatable bonds is 6. The first kappa shape index (κ1) is 17.4. The lowest BCUT2D eigenvalue weighted by molar-refractivity contribution is -0.150. The molecule has 2 fully saturated rings. The predicted octanol–water partition coefficient (Wildman–Crippen LogP) is 3.34. The summed E-state index contributed by atoms with van der Waals surface area (Å²) >= 11 is 0. The van der Waals surface area contributed by atoms with E-state index in [0.717, 1.165) is 18.9 Å². The Morgan fingerprint density at radius 3 is 2.65 bits per heavy atom. The van der Waals surface area contributed by atoms with Crippen LogP contribution in [-0.4, -0.2) is 35.8 Å². The molecule has 0 spiro atoms. The van der Waals surface area contributed by atoms with Crippen molar-refractivity contribution in [1.82, 2.24) is 9.55 Å². The number of imidazole rings is 1. The average Bonchev–Trinajstić information content (AvgIpc) is 2.95. The molecule has 4 rings (SSSR count). The second-order valence-corrected chi connectivity index (χ2v) is 7.39. The maximum absolute atomic E-state index is 13.6. The number of hydrogen-bond donors (Lipinski definition) is 0. The molecule has 5 nitrogen and oxygen atoms in total. The van der Waals surface area contributed by atoms with Gasteiger partial charge in [0.25, 0.3) is 0 Å². The fraction of sp³-hybridized carbons (Fsp3) is 0.579. The lowest BCUT2D eigenvalue weighted by atomic mass is 9.97. The summed E-state index contributed by atoms with van der Waals surface area (Å²) in [5.41, 5.74) is 1.09. The second kappa shape index (κ2) is 6.61. The molecule has 0 amide bonds. The van der Waals surface area contributed by atoms with Gasteiger partial charge in [0.05, 0.1) is 29.9 Å². The third-order valence-corrected chi connectivity index (χ3v) is 5.98. The quantitative estimate of drug-likeness (QED) is 0.583. The van der Waals surface area contributed by atoms with Crippen LogP contribution in [0.3, 0.4) is 0 Å². The predicted molar refractivity (Wildman–Crippen MR) is 90.4 cm³/mol. The van der Waals surface area contributed by atoms with E-state index in [1.165, 1.54) is 6.07 Å². The van der Waals surface area contributed by atoms with Gasteiger partial charge < -0.3 is 14.0 Å². The van der Waals surface area contributed by atoms with Crippen molar-refractivity contribution in [2.24, 2.45) is 23.7 Å². The maximum Gasteiger partial charge on any atom is 0.309 e. The smallest absolute Gasteiger partial charge is 0.309 e. The average molecular weight is 364 g/mol. The molecule has 1 aromatic carbocycles. The molecule has 1 aromatic heterocycles. The van der Waals surface area contributed by atoms with Crippen molar-refractivity contribution in [1.29, 1.82) is 0 Å². The molecule has 0 aliphatic heterocycles. The van der Waals surface area contributed by atoms with E-state index >= 15 is 0 Å². The zero-order valence-corrected chi connectivity index (χ0v) is 14.8. The van der Waals surface area contributed by atoms with Gasteiger partial charge in [-0.1, -0.05) is 6.92 Å². The van der Waals surface area contributed by atoms with Crippen LogP contribution < -0.4 is 0 Å². The molecule has 2 aromatic rings. The first-order valence-electron chi connectivity index (χ1n) is 8.98. The van der Waals surface area contributed by atoms with E-state index in [-0.39, 0.29) is 24.5 Å². The monoisotopic (exact) mass is 364 g/mol. The van der Waals surface area contributed by atoms with Gasteiger partial charge in [-0.25, -0.2) is 13.8 Å². The summed E-state index contributed by atoms with van der Waals surface area (Å²) in [6.07, 6.45) is 3.52. The molecule has 0 N–H and O–H groups in total. The topological polar surface area (TPSA) is 53.4 Å². The van der Waals surface area contributed by atoms with Crippen molar-refractivity contribution in [3.05, 3.63) is 30.1 Å². The molecule has 0 saturated heterocycles. The first-order valence-corrected chi connectivity index (χ1v) is 8.98. The summed E-state index contributed by atoms with van der Waals surface area (Å²) in [4.78, 5) is 16.3. The zero-order chi connectivity index (χ0) is 18.4. The summed E-state index contributed by atoms with van der Waals surface area (Å²) in [5.74, 6) is -0.700. The molecule has 7 heteroatoms. The summed E-state index contributed by atoms with van der Waals surface area (Å²) in [5, 5.41) is 0. The van der Waals surface area contributed by atoms with E-state index in [4.69, 9.17) is 9.47 Å². The lowest BCUT2D eigenvalue weighted by Crippen LogP contribution is -2.21. The largest absolute Gasteiger partial charge is 0.463 e. The van der Waals surface area contributed by atoms with Gasteiger partial charge in [-0.15, -0.1) is 0 Å². The number of aromatic nitrogens is 2. The summed E-state index contributed by atoms with van der Waals surface area (Å²) in [6, 6.07) is 2.57. The van der Waals surface area contributed by atoms with Crippen molar-refractivity contribution in [2.45, 2.75) is 25.8 Å². The molecular weight excluding hydrogens is 342 g/mol. The molecule has 1 heterocycles. The van der Waals surface area contributed by atoms with Crippen LogP contribution in [0, 0.1) is 35.3 Å². The Morgan fingerprint density at radius 2 is 1.96 bits per heavy atom. The number of hydrogen-bond acceptors (Lipinski definition) is 4. The van der Waals surface area contributed by atoms with Crippen LogP contribution in [0.25, 0.3) is 11.0 Å². The van der Waals surface area contributed by atoms with Crippen LogP contribution >= 0.6 is 0 Å². The van der Waals surface area contributed by atoms with Gasteiger partial charge >= 0.3 is 5.97 Å². The molecule has 2 aliphatic rings. The molecular formula is C19H22F2N2O3. The van der Waals surface area contributed by atoms with Crippen molar-refractivity contribution < 1.29 is 23.0 Å². The van der Waals surface area contributed by atoms with E-state index in [1.807, 2.05) is 11.5 Å². The van der Waals surface area contributed by atoms with Crippen molar-refractivity contribution >= 4 is 17.0 Å². The van der Waals surface area contributed by atoms with Gasteiger partial charge in [-0.05, 0) is 30.6 Å². The van der Waals surface area contributed by atoms with E-state index in [0.29, 0.717) is 35.4 Å². The fourth-order valence-electron chi connectivity index (χ4n) is 4.66. The van der Waals surface area contributed by atoms with E-state index in [1.54, 1.807) is 13.4 Å². The minimum Gasteiger partial charge on any atom is -0.463 e. The van der Waals surface area contributed by atoms with Gasteiger partial charge in [0, 0.05) is 25.3 Å². The zero-order valence-electron chi connectivity index (χ0n) is 14.8. The highest BCUT2D eigenvalue weighted by Gasteiger charge is 2.59. The van der Waals surface area contributed by atoms with Crippen LogP contribution in [0.5, 0.6) is 0 Å². The van der Waals surface area contributed by atoms with Gasteiger partial charge in [0.15, 0.2) is 11.6 Å². The fourth-order valence-corrected chi connectivity index (χ4v) is 4.66. The third kappa shape index (κ3) is 2.88. The molecule has 5 atom stereocenters. The summed E-state index contributed by atoms with van der Waals surface area (Å²) in [7, 11) is 1.57. The number of methoxy groups -OCH3 is 1. The Kier molecular flexibility index (Phi) is 4.42. The Morgan fingerprint density at radius 1 is 1.27 bits per heavy atom. The Labute approximate surface area is 150 Å². The number of carbonyl (C=O) groups is 1. The van der Waals surface area contributed by atoms with Crippen LogP contribution in [0.2, 0.25) is 0 Å². The standard InChI is InChI=1S/C19H22F2N2O3/c1-10(19(24)26-4-3-25-2)18-12-5-11(6-13(12)18)23-9-22-16-7-14(20)15(21)8-17(16)23/h7-13,18H,3-6H2,1-2H3/t10?,11?,12-,13+,18?. The van der Waals surface area contributed by atoms with E-state index in [9.17, 15) is 13.6 Å². The van der Waals surface area contributed by atoms with E-state index in [2.05, 4.69) is 4.98 Å². The Hall–Kier alpha value is -2.02. The molecule has 2 aliphatic carbocycles.